The predicted molar refractivity (Wildman–Crippen MR) is 131 cm³/mol. The summed E-state index contributed by atoms with van der Waals surface area (Å²) in [6.45, 7) is 2.88. The largest absolute Gasteiger partial charge is 0.481 e. The second-order valence-corrected chi connectivity index (χ2v) is 8.15. The number of fused-ring (bicyclic) bond motifs is 1. The zero-order valence-electron chi connectivity index (χ0n) is 18.9. The van der Waals surface area contributed by atoms with Crippen molar-refractivity contribution in [2.75, 3.05) is 11.9 Å². The molecule has 33 heavy (non-hydrogen) atoms. The molecule has 2 heterocycles. The van der Waals surface area contributed by atoms with Crippen LogP contribution in [-0.4, -0.2) is 27.6 Å². The summed E-state index contributed by atoms with van der Waals surface area (Å²) in [6.07, 6.45) is 6.27. The first kappa shape index (κ1) is 22.5. The third kappa shape index (κ3) is 5.40. The fourth-order valence-electron chi connectivity index (χ4n) is 4.05. The summed E-state index contributed by atoms with van der Waals surface area (Å²) >= 11 is 0. The number of benzene rings is 2. The van der Waals surface area contributed by atoms with Gasteiger partial charge in [-0.3, -0.25) is 4.79 Å². The molecule has 2 N–H and O–H groups in total. The quantitative estimate of drug-likeness (QED) is 0.255. The van der Waals surface area contributed by atoms with Crippen molar-refractivity contribution in [1.29, 1.82) is 0 Å². The first-order valence-electron chi connectivity index (χ1n) is 11.5. The van der Waals surface area contributed by atoms with Crippen LogP contribution in [0.3, 0.4) is 0 Å². The zero-order chi connectivity index (χ0) is 23.0. The van der Waals surface area contributed by atoms with Crippen LogP contribution in [0.1, 0.15) is 44.6 Å². The average molecular weight is 444 g/mol. The summed E-state index contributed by atoms with van der Waals surface area (Å²) in [6, 6.07) is 18.7. The van der Waals surface area contributed by atoms with Gasteiger partial charge in [-0.05, 0) is 30.4 Å². The van der Waals surface area contributed by atoms with E-state index in [0.29, 0.717) is 18.7 Å². The summed E-state index contributed by atoms with van der Waals surface area (Å²) < 4.78 is 6.27. The van der Waals surface area contributed by atoms with E-state index in [1.165, 1.54) is 11.9 Å². The van der Waals surface area contributed by atoms with Crippen LogP contribution in [0, 0.1) is 0 Å². The van der Waals surface area contributed by atoms with E-state index in [1.807, 2.05) is 30.3 Å². The minimum absolute atomic E-state index is 0.206. The lowest BCUT2D eigenvalue weighted by Crippen LogP contribution is -2.04. The molecule has 0 saturated heterocycles. The summed E-state index contributed by atoms with van der Waals surface area (Å²) in [5.41, 5.74) is 4.89. The molecule has 0 aliphatic rings. The van der Waals surface area contributed by atoms with Crippen molar-refractivity contribution >= 4 is 22.9 Å². The fourth-order valence-corrected chi connectivity index (χ4v) is 4.05. The third-order valence-corrected chi connectivity index (χ3v) is 5.67. The Hall–Kier alpha value is -3.67. The van der Waals surface area contributed by atoms with Crippen molar-refractivity contribution in [3.63, 3.8) is 0 Å². The molecule has 0 amide bonds. The fraction of sp³-hybridized carbons (Fsp3) is 0.296. The molecule has 2 aromatic carbocycles. The average Bonchev–Trinajstić information content (AvgIpc) is 3.23. The van der Waals surface area contributed by atoms with E-state index in [-0.39, 0.29) is 6.42 Å². The molecule has 0 aliphatic carbocycles. The Morgan fingerprint density at radius 3 is 2.48 bits per heavy atom. The van der Waals surface area contributed by atoms with Gasteiger partial charge in [0, 0.05) is 24.1 Å². The number of hydrogen-bond donors (Lipinski definition) is 2. The van der Waals surface area contributed by atoms with Gasteiger partial charge in [0.1, 0.15) is 17.9 Å². The topological polar surface area (TPSA) is 88.3 Å². The minimum Gasteiger partial charge on any atom is -0.481 e. The SMILES string of the molecule is CCCc1ccc(-c2c(-c3ccccc3)oc3ncnc(NCCCCCC(=O)O)c23)cc1. The number of nitrogens with zero attached hydrogens (tertiary/aromatic N) is 2. The van der Waals surface area contributed by atoms with Crippen LogP contribution in [0.5, 0.6) is 0 Å². The van der Waals surface area contributed by atoms with Crippen LogP contribution in [0.4, 0.5) is 5.82 Å². The molecule has 0 saturated carbocycles. The van der Waals surface area contributed by atoms with Gasteiger partial charge >= 0.3 is 5.97 Å². The molecule has 4 aromatic rings. The monoisotopic (exact) mass is 443 g/mol. The Bertz CT molecular complexity index is 1200. The number of anilines is 1. The highest BCUT2D eigenvalue weighted by molar-refractivity contribution is 6.05. The van der Waals surface area contributed by atoms with Gasteiger partial charge in [-0.2, -0.15) is 0 Å². The van der Waals surface area contributed by atoms with Gasteiger partial charge < -0.3 is 14.8 Å². The Morgan fingerprint density at radius 1 is 0.970 bits per heavy atom. The number of unbranched alkanes of at least 4 members (excludes halogenated alkanes) is 2. The molecular weight excluding hydrogens is 414 g/mol. The second kappa shape index (κ2) is 10.8. The number of carboxylic acids is 1. The van der Waals surface area contributed by atoms with Crippen molar-refractivity contribution in [1.82, 2.24) is 9.97 Å². The van der Waals surface area contributed by atoms with E-state index in [9.17, 15) is 4.79 Å². The standard InChI is InChI=1S/C27H29N3O3/c1-2-9-19-13-15-20(16-14-19)23-24-26(28-17-8-4-7-12-22(31)32)29-18-30-27(24)33-25(23)21-10-5-3-6-11-21/h3,5-6,10-11,13-16,18H,2,4,7-9,12,17H2,1H3,(H,31,32)(H,28,29,30). The first-order valence-corrected chi connectivity index (χ1v) is 11.5. The molecule has 170 valence electrons. The second-order valence-electron chi connectivity index (χ2n) is 8.15. The van der Waals surface area contributed by atoms with Gasteiger partial charge in [0.15, 0.2) is 0 Å². The molecule has 6 heteroatoms. The van der Waals surface area contributed by atoms with Gasteiger partial charge in [0.25, 0.3) is 0 Å². The van der Waals surface area contributed by atoms with Crippen LogP contribution >= 0.6 is 0 Å². The number of rotatable bonds is 11. The smallest absolute Gasteiger partial charge is 0.303 e. The molecule has 4 rings (SSSR count). The number of furan rings is 1. The maximum atomic E-state index is 10.7. The summed E-state index contributed by atoms with van der Waals surface area (Å²) in [5.74, 6) is 0.762. The minimum atomic E-state index is -0.748. The van der Waals surface area contributed by atoms with Crippen LogP contribution in [0.25, 0.3) is 33.6 Å². The Morgan fingerprint density at radius 2 is 1.76 bits per heavy atom. The molecule has 0 aliphatic heterocycles. The van der Waals surface area contributed by atoms with Crippen molar-refractivity contribution in [3.05, 3.63) is 66.5 Å². The van der Waals surface area contributed by atoms with Crippen LogP contribution in [0.15, 0.2) is 65.3 Å². The van der Waals surface area contributed by atoms with Crippen molar-refractivity contribution in [3.8, 4) is 22.5 Å². The molecule has 0 bridgehead atoms. The molecule has 2 aromatic heterocycles. The zero-order valence-corrected chi connectivity index (χ0v) is 18.9. The van der Waals surface area contributed by atoms with Crippen molar-refractivity contribution in [2.45, 2.75) is 45.4 Å². The lowest BCUT2D eigenvalue weighted by molar-refractivity contribution is -0.137. The van der Waals surface area contributed by atoms with E-state index in [4.69, 9.17) is 9.52 Å². The number of aromatic nitrogens is 2. The summed E-state index contributed by atoms with van der Waals surface area (Å²) in [5, 5.41) is 13.1. The van der Waals surface area contributed by atoms with E-state index >= 15 is 0 Å². The Labute approximate surface area is 193 Å². The van der Waals surface area contributed by atoms with Gasteiger partial charge in [0.05, 0.1) is 5.39 Å². The van der Waals surface area contributed by atoms with Gasteiger partial charge in [-0.15, -0.1) is 0 Å². The predicted octanol–water partition coefficient (Wildman–Crippen LogP) is 6.57. The van der Waals surface area contributed by atoms with Crippen LogP contribution in [0.2, 0.25) is 0 Å². The number of carboxylic acid groups (broad SMARTS) is 1. The number of carbonyl (C=O) groups is 1. The summed E-state index contributed by atoms with van der Waals surface area (Å²) in [7, 11) is 0. The lowest BCUT2D eigenvalue weighted by Gasteiger charge is -2.09. The Kier molecular flexibility index (Phi) is 7.35. The van der Waals surface area contributed by atoms with Crippen molar-refractivity contribution < 1.29 is 14.3 Å². The number of nitrogens with one attached hydrogen (secondary N) is 1. The van der Waals surface area contributed by atoms with E-state index in [2.05, 4.69) is 46.5 Å². The van der Waals surface area contributed by atoms with Crippen LogP contribution < -0.4 is 5.32 Å². The molecule has 0 spiro atoms. The highest BCUT2D eigenvalue weighted by Crippen LogP contribution is 2.42. The lowest BCUT2D eigenvalue weighted by atomic mass is 9.97. The molecule has 0 unspecified atom stereocenters. The molecule has 0 atom stereocenters. The third-order valence-electron chi connectivity index (χ3n) is 5.67. The van der Waals surface area contributed by atoms with E-state index < -0.39 is 5.97 Å². The van der Waals surface area contributed by atoms with Crippen LogP contribution in [-0.2, 0) is 11.2 Å². The highest BCUT2D eigenvalue weighted by atomic mass is 16.4. The molecule has 0 radical (unpaired) electrons. The van der Waals surface area contributed by atoms with Crippen molar-refractivity contribution in [2.24, 2.45) is 0 Å². The first-order chi connectivity index (χ1) is 16.2. The van der Waals surface area contributed by atoms with Gasteiger partial charge in [-0.1, -0.05) is 74.4 Å². The van der Waals surface area contributed by atoms with E-state index in [1.54, 1.807) is 0 Å². The van der Waals surface area contributed by atoms with E-state index in [0.717, 1.165) is 59.3 Å². The molecule has 0 fully saturated rings. The Balaban J connectivity index is 1.70. The molecular formula is C27H29N3O3. The normalized spacial score (nSPS) is 11.1. The number of aryl methyl sites for hydroxylation is 1. The number of hydrogen-bond acceptors (Lipinski definition) is 5. The molecule has 6 nitrogen and oxygen atoms in total. The maximum Gasteiger partial charge on any atom is 0.303 e. The maximum absolute atomic E-state index is 10.7. The number of aliphatic carboxylic acids is 1. The summed E-state index contributed by atoms with van der Waals surface area (Å²) in [4.78, 5) is 19.6. The van der Waals surface area contributed by atoms with Gasteiger partial charge in [0.2, 0.25) is 5.71 Å². The van der Waals surface area contributed by atoms with Gasteiger partial charge in [-0.25, -0.2) is 9.97 Å². The highest BCUT2D eigenvalue weighted by Gasteiger charge is 2.22.